The molecule has 1 amide bonds. The highest BCUT2D eigenvalue weighted by Crippen LogP contribution is 2.22. The van der Waals surface area contributed by atoms with Crippen LogP contribution in [0.1, 0.15) is 45.2 Å². The van der Waals surface area contributed by atoms with Gasteiger partial charge in [0.25, 0.3) is 0 Å². The van der Waals surface area contributed by atoms with Crippen LogP contribution < -0.4 is 15.8 Å². The fraction of sp³-hybridized carbons (Fsp3) is 0.588. The lowest BCUT2D eigenvalue weighted by molar-refractivity contribution is -0.132. The van der Waals surface area contributed by atoms with Crippen LogP contribution in [0, 0.1) is 0 Å². The summed E-state index contributed by atoms with van der Waals surface area (Å²) in [5.74, 6) is 0.743. The molecule has 0 aliphatic carbocycles. The number of rotatable bonds is 6. The van der Waals surface area contributed by atoms with Gasteiger partial charge in [-0.1, -0.05) is 12.1 Å². The fourth-order valence-corrected chi connectivity index (χ4v) is 2.59. The summed E-state index contributed by atoms with van der Waals surface area (Å²) in [5.41, 5.74) is 6.59. The number of nitrogens with one attached hydrogen (secondary N) is 1. The van der Waals surface area contributed by atoms with Gasteiger partial charge >= 0.3 is 0 Å². The number of benzene rings is 1. The van der Waals surface area contributed by atoms with Gasteiger partial charge in [0.2, 0.25) is 5.91 Å². The SMILES string of the molecule is CC(C)Oc1cccc(C(C)NC(=O)[C@@H]2CC[C@H](CN)O2)c1. The van der Waals surface area contributed by atoms with E-state index in [1.54, 1.807) is 0 Å². The molecule has 122 valence electrons. The molecule has 0 saturated carbocycles. The van der Waals surface area contributed by atoms with Crippen molar-refractivity contribution in [2.75, 3.05) is 6.54 Å². The molecule has 0 spiro atoms. The van der Waals surface area contributed by atoms with Crippen molar-refractivity contribution in [2.45, 2.75) is 58.0 Å². The van der Waals surface area contributed by atoms with E-state index in [0.29, 0.717) is 6.54 Å². The van der Waals surface area contributed by atoms with Crippen LogP contribution in [0.25, 0.3) is 0 Å². The highest BCUT2D eigenvalue weighted by atomic mass is 16.5. The molecule has 0 radical (unpaired) electrons. The average Bonchev–Trinajstić information content (AvgIpc) is 2.95. The van der Waals surface area contributed by atoms with Crippen molar-refractivity contribution in [3.05, 3.63) is 29.8 Å². The summed E-state index contributed by atoms with van der Waals surface area (Å²) < 4.78 is 11.3. The van der Waals surface area contributed by atoms with Crippen molar-refractivity contribution in [1.82, 2.24) is 5.32 Å². The zero-order valence-electron chi connectivity index (χ0n) is 13.5. The summed E-state index contributed by atoms with van der Waals surface area (Å²) in [6.45, 7) is 6.40. The Morgan fingerprint density at radius 2 is 2.18 bits per heavy atom. The lowest BCUT2D eigenvalue weighted by atomic mass is 10.1. The van der Waals surface area contributed by atoms with Gasteiger partial charge in [0.1, 0.15) is 11.9 Å². The summed E-state index contributed by atoms with van der Waals surface area (Å²) in [6.07, 6.45) is 1.33. The lowest BCUT2D eigenvalue weighted by Crippen LogP contribution is -2.37. The van der Waals surface area contributed by atoms with Crippen LogP contribution >= 0.6 is 0 Å². The third-order valence-corrected chi connectivity index (χ3v) is 3.75. The van der Waals surface area contributed by atoms with Crippen molar-refractivity contribution in [1.29, 1.82) is 0 Å². The first-order chi connectivity index (χ1) is 10.5. The number of hydrogen-bond donors (Lipinski definition) is 2. The number of carbonyl (C=O) groups excluding carboxylic acids is 1. The zero-order valence-corrected chi connectivity index (χ0v) is 13.5. The molecule has 1 saturated heterocycles. The molecular formula is C17H26N2O3. The molecule has 5 nitrogen and oxygen atoms in total. The normalized spacial score (nSPS) is 22.6. The maximum absolute atomic E-state index is 12.2. The smallest absolute Gasteiger partial charge is 0.249 e. The van der Waals surface area contributed by atoms with Crippen LogP contribution in [-0.4, -0.2) is 30.8 Å². The van der Waals surface area contributed by atoms with Gasteiger partial charge in [-0.05, 0) is 51.3 Å². The van der Waals surface area contributed by atoms with E-state index in [1.165, 1.54) is 0 Å². The summed E-state index contributed by atoms with van der Waals surface area (Å²) >= 11 is 0. The van der Waals surface area contributed by atoms with Crippen LogP contribution in [0.3, 0.4) is 0 Å². The molecule has 5 heteroatoms. The first kappa shape index (κ1) is 16.8. The molecule has 0 bridgehead atoms. The highest BCUT2D eigenvalue weighted by molar-refractivity contribution is 5.81. The summed E-state index contributed by atoms with van der Waals surface area (Å²) in [7, 11) is 0. The highest BCUT2D eigenvalue weighted by Gasteiger charge is 2.30. The van der Waals surface area contributed by atoms with Crippen molar-refractivity contribution in [3.8, 4) is 5.75 Å². The van der Waals surface area contributed by atoms with Crippen molar-refractivity contribution in [3.63, 3.8) is 0 Å². The second-order valence-corrected chi connectivity index (χ2v) is 6.03. The van der Waals surface area contributed by atoms with Gasteiger partial charge in [0.15, 0.2) is 0 Å². The summed E-state index contributed by atoms with van der Waals surface area (Å²) in [4.78, 5) is 12.2. The largest absolute Gasteiger partial charge is 0.491 e. The van der Waals surface area contributed by atoms with Gasteiger partial charge in [-0.2, -0.15) is 0 Å². The van der Waals surface area contributed by atoms with Crippen LogP contribution in [0.5, 0.6) is 5.75 Å². The Balaban J connectivity index is 1.94. The first-order valence-corrected chi connectivity index (χ1v) is 7.92. The molecule has 1 unspecified atom stereocenters. The van der Waals surface area contributed by atoms with E-state index in [1.807, 2.05) is 45.0 Å². The van der Waals surface area contributed by atoms with Crippen molar-refractivity contribution in [2.24, 2.45) is 5.73 Å². The van der Waals surface area contributed by atoms with Crippen molar-refractivity contribution < 1.29 is 14.3 Å². The maximum atomic E-state index is 12.2. The van der Waals surface area contributed by atoms with Crippen LogP contribution in [0.2, 0.25) is 0 Å². The number of hydrogen-bond acceptors (Lipinski definition) is 4. The third-order valence-electron chi connectivity index (χ3n) is 3.75. The van der Waals surface area contributed by atoms with E-state index >= 15 is 0 Å². The van der Waals surface area contributed by atoms with E-state index < -0.39 is 0 Å². The molecular weight excluding hydrogens is 280 g/mol. The molecule has 1 heterocycles. The van der Waals surface area contributed by atoms with Crippen molar-refractivity contribution >= 4 is 5.91 Å². The van der Waals surface area contributed by atoms with Gasteiger partial charge in [0.05, 0.1) is 18.2 Å². The van der Waals surface area contributed by atoms with E-state index in [0.717, 1.165) is 24.2 Å². The Morgan fingerprint density at radius 3 is 2.82 bits per heavy atom. The maximum Gasteiger partial charge on any atom is 0.249 e. The fourth-order valence-electron chi connectivity index (χ4n) is 2.59. The number of ether oxygens (including phenoxy) is 2. The van der Waals surface area contributed by atoms with E-state index in [9.17, 15) is 4.79 Å². The topological polar surface area (TPSA) is 73.6 Å². The Morgan fingerprint density at radius 1 is 1.41 bits per heavy atom. The lowest BCUT2D eigenvalue weighted by Gasteiger charge is -2.19. The Kier molecular flexibility index (Phi) is 5.80. The molecule has 3 atom stereocenters. The molecule has 3 N–H and O–H groups in total. The zero-order chi connectivity index (χ0) is 16.1. The Bertz CT molecular complexity index is 504. The monoisotopic (exact) mass is 306 g/mol. The Hall–Kier alpha value is -1.59. The van der Waals surface area contributed by atoms with Gasteiger partial charge in [-0.15, -0.1) is 0 Å². The van der Waals surface area contributed by atoms with Crippen LogP contribution in [-0.2, 0) is 9.53 Å². The van der Waals surface area contributed by atoms with E-state index in [-0.39, 0.29) is 30.3 Å². The molecule has 1 fully saturated rings. The minimum absolute atomic E-state index is 0.00817. The minimum atomic E-state index is -0.383. The molecule has 1 aromatic rings. The molecule has 0 aromatic heterocycles. The standard InChI is InChI=1S/C17H26N2O3/c1-11(2)21-14-6-4-5-13(9-14)12(3)19-17(20)16-8-7-15(10-18)22-16/h4-6,9,11-12,15-16H,7-8,10,18H2,1-3H3,(H,19,20)/t12?,15-,16+/m1/s1. The third kappa shape index (κ3) is 4.45. The van der Waals surface area contributed by atoms with Gasteiger partial charge < -0.3 is 20.5 Å². The second-order valence-electron chi connectivity index (χ2n) is 6.03. The van der Waals surface area contributed by atoms with Gasteiger partial charge in [-0.25, -0.2) is 0 Å². The predicted octanol–water partition coefficient (Wildman–Crippen LogP) is 2.16. The molecule has 2 rings (SSSR count). The number of nitrogens with two attached hydrogens (primary N) is 1. The minimum Gasteiger partial charge on any atom is -0.491 e. The number of carbonyl (C=O) groups is 1. The molecule has 22 heavy (non-hydrogen) atoms. The van der Waals surface area contributed by atoms with Gasteiger partial charge in [-0.3, -0.25) is 4.79 Å². The van der Waals surface area contributed by atoms with Crippen LogP contribution in [0.15, 0.2) is 24.3 Å². The molecule has 1 aliphatic heterocycles. The first-order valence-electron chi connectivity index (χ1n) is 7.92. The summed E-state index contributed by atoms with van der Waals surface area (Å²) in [6, 6.07) is 7.71. The summed E-state index contributed by atoms with van der Waals surface area (Å²) in [5, 5.41) is 3.00. The Labute approximate surface area is 132 Å². The average molecular weight is 306 g/mol. The number of amides is 1. The predicted molar refractivity (Wildman–Crippen MR) is 85.7 cm³/mol. The van der Waals surface area contributed by atoms with Crippen LogP contribution in [0.4, 0.5) is 0 Å². The quantitative estimate of drug-likeness (QED) is 0.844. The molecule has 1 aromatic carbocycles. The molecule has 1 aliphatic rings. The second kappa shape index (κ2) is 7.61. The van der Waals surface area contributed by atoms with E-state index in [2.05, 4.69) is 5.32 Å². The van der Waals surface area contributed by atoms with Gasteiger partial charge in [0, 0.05) is 6.54 Å². The van der Waals surface area contributed by atoms with E-state index in [4.69, 9.17) is 15.2 Å².